The molecular formula is C7H14BrNO2. The molecule has 1 rings (SSSR count). The van der Waals surface area contributed by atoms with Crippen LogP contribution in [0.2, 0.25) is 0 Å². The van der Waals surface area contributed by atoms with Crippen molar-refractivity contribution in [3.05, 3.63) is 0 Å². The molecule has 11 heavy (non-hydrogen) atoms. The maximum Gasteiger partial charge on any atom is 0.0635 e. The minimum Gasteiger partial charge on any atom is -0.395 e. The molecule has 0 aliphatic carbocycles. The standard InChI is InChI=1S/C7H14BrNO2/c1-7(8,5-10)6-4-11-3-2-9-6/h6,9-10H,2-5H2,1H3. The van der Waals surface area contributed by atoms with E-state index < -0.39 is 0 Å². The second kappa shape index (κ2) is 3.85. The average Bonchev–Trinajstić information content (AvgIpc) is 2.06. The van der Waals surface area contributed by atoms with Crippen molar-refractivity contribution in [2.24, 2.45) is 0 Å². The fraction of sp³-hybridized carbons (Fsp3) is 1.00. The van der Waals surface area contributed by atoms with Crippen molar-refractivity contribution in [1.29, 1.82) is 0 Å². The van der Waals surface area contributed by atoms with Crippen LogP contribution < -0.4 is 5.32 Å². The quantitative estimate of drug-likeness (QED) is 0.654. The van der Waals surface area contributed by atoms with Crippen molar-refractivity contribution < 1.29 is 9.84 Å². The smallest absolute Gasteiger partial charge is 0.0635 e. The molecule has 0 amide bonds. The van der Waals surface area contributed by atoms with Crippen molar-refractivity contribution in [2.75, 3.05) is 26.4 Å². The second-order valence-corrected chi connectivity index (χ2v) is 4.83. The Kier molecular flexibility index (Phi) is 3.30. The first kappa shape index (κ1) is 9.45. The molecule has 0 bridgehead atoms. The summed E-state index contributed by atoms with van der Waals surface area (Å²) >= 11 is 3.45. The number of alkyl halides is 1. The van der Waals surface area contributed by atoms with Crippen LogP contribution >= 0.6 is 15.9 Å². The van der Waals surface area contributed by atoms with Gasteiger partial charge in [0, 0.05) is 12.6 Å². The van der Waals surface area contributed by atoms with E-state index in [4.69, 9.17) is 9.84 Å². The van der Waals surface area contributed by atoms with Crippen LogP contribution in [0.5, 0.6) is 0 Å². The van der Waals surface area contributed by atoms with Gasteiger partial charge in [-0.3, -0.25) is 0 Å². The number of hydrogen-bond acceptors (Lipinski definition) is 3. The molecule has 1 fully saturated rings. The van der Waals surface area contributed by atoms with Crippen LogP contribution in [0.25, 0.3) is 0 Å². The zero-order chi connectivity index (χ0) is 8.32. The molecule has 2 N–H and O–H groups in total. The summed E-state index contributed by atoms with van der Waals surface area (Å²) in [6.45, 7) is 4.38. The molecule has 0 aromatic heterocycles. The Morgan fingerprint density at radius 2 is 2.55 bits per heavy atom. The van der Waals surface area contributed by atoms with E-state index in [-0.39, 0.29) is 17.0 Å². The maximum absolute atomic E-state index is 9.00. The lowest BCUT2D eigenvalue weighted by Gasteiger charge is -2.34. The van der Waals surface area contributed by atoms with Gasteiger partial charge in [-0.05, 0) is 6.92 Å². The van der Waals surface area contributed by atoms with Crippen LogP contribution in [0.1, 0.15) is 6.92 Å². The third kappa shape index (κ3) is 2.40. The summed E-state index contributed by atoms with van der Waals surface area (Å²) in [4.78, 5) is 0. The monoisotopic (exact) mass is 223 g/mol. The van der Waals surface area contributed by atoms with Crippen LogP contribution in [0, 0.1) is 0 Å². The zero-order valence-electron chi connectivity index (χ0n) is 6.64. The highest BCUT2D eigenvalue weighted by atomic mass is 79.9. The molecular weight excluding hydrogens is 210 g/mol. The van der Waals surface area contributed by atoms with Gasteiger partial charge in [0.1, 0.15) is 0 Å². The molecule has 4 heteroatoms. The zero-order valence-corrected chi connectivity index (χ0v) is 8.23. The molecule has 0 spiro atoms. The molecule has 0 aromatic carbocycles. The first-order valence-corrected chi connectivity index (χ1v) is 4.57. The maximum atomic E-state index is 9.00. The topological polar surface area (TPSA) is 41.5 Å². The Morgan fingerprint density at radius 1 is 1.82 bits per heavy atom. The lowest BCUT2D eigenvalue weighted by Crippen LogP contribution is -2.53. The first-order chi connectivity index (χ1) is 5.17. The summed E-state index contributed by atoms with van der Waals surface area (Å²) in [5.74, 6) is 0. The van der Waals surface area contributed by atoms with E-state index in [2.05, 4.69) is 21.2 Å². The number of halogens is 1. The number of hydrogen-bond donors (Lipinski definition) is 2. The van der Waals surface area contributed by atoms with Gasteiger partial charge < -0.3 is 15.2 Å². The normalized spacial score (nSPS) is 31.4. The number of rotatable bonds is 2. The number of aliphatic hydroxyl groups excluding tert-OH is 1. The van der Waals surface area contributed by atoms with Crippen molar-refractivity contribution >= 4 is 15.9 Å². The summed E-state index contributed by atoms with van der Waals surface area (Å²) in [5.41, 5.74) is 0. The molecule has 0 aromatic rings. The molecule has 2 unspecified atom stereocenters. The second-order valence-electron chi connectivity index (χ2n) is 3.02. The molecule has 2 atom stereocenters. The van der Waals surface area contributed by atoms with E-state index in [1.165, 1.54) is 0 Å². The van der Waals surface area contributed by atoms with Crippen molar-refractivity contribution in [1.82, 2.24) is 5.32 Å². The van der Waals surface area contributed by atoms with Gasteiger partial charge in [-0.25, -0.2) is 0 Å². The Bertz CT molecular complexity index is 124. The van der Waals surface area contributed by atoms with Gasteiger partial charge in [0.15, 0.2) is 0 Å². The van der Waals surface area contributed by atoms with Gasteiger partial charge in [0.2, 0.25) is 0 Å². The number of nitrogens with one attached hydrogen (secondary N) is 1. The van der Waals surface area contributed by atoms with E-state index in [1.807, 2.05) is 6.92 Å². The van der Waals surface area contributed by atoms with Crippen LogP contribution in [-0.4, -0.2) is 41.8 Å². The van der Waals surface area contributed by atoms with Gasteiger partial charge in [0.25, 0.3) is 0 Å². The summed E-state index contributed by atoms with van der Waals surface area (Å²) < 4.78 is 5.01. The van der Waals surface area contributed by atoms with Gasteiger partial charge in [-0.2, -0.15) is 0 Å². The molecule has 0 saturated carbocycles. The molecule has 3 nitrogen and oxygen atoms in total. The van der Waals surface area contributed by atoms with Crippen LogP contribution in [0.4, 0.5) is 0 Å². The summed E-state index contributed by atoms with van der Waals surface area (Å²) in [6, 6.07) is 0.209. The van der Waals surface area contributed by atoms with Crippen LogP contribution in [-0.2, 0) is 4.74 Å². The van der Waals surface area contributed by atoms with Crippen LogP contribution in [0.3, 0.4) is 0 Å². The number of ether oxygens (including phenoxy) is 1. The third-order valence-corrected chi connectivity index (χ3v) is 2.76. The Morgan fingerprint density at radius 3 is 3.00 bits per heavy atom. The number of aliphatic hydroxyl groups is 1. The third-order valence-electron chi connectivity index (χ3n) is 1.96. The minimum absolute atomic E-state index is 0.119. The van der Waals surface area contributed by atoms with Gasteiger partial charge in [0.05, 0.1) is 24.1 Å². The van der Waals surface area contributed by atoms with E-state index in [1.54, 1.807) is 0 Å². The van der Waals surface area contributed by atoms with Crippen molar-refractivity contribution in [3.63, 3.8) is 0 Å². The summed E-state index contributed by atoms with van der Waals surface area (Å²) in [6.07, 6.45) is 0. The van der Waals surface area contributed by atoms with Crippen LogP contribution in [0.15, 0.2) is 0 Å². The minimum atomic E-state index is -0.257. The molecule has 66 valence electrons. The van der Waals surface area contributed by atoms with E-state index in [0.29, 0.717) is 6.61 Å². The SMILES string of the molecule is CC(Br)(CO)C1COCCN1. The van der Waals surface area contributed by atoms with Gasteiger partial charge in [-0.1, -0.05) is 15.9 Å². The predicted molar refractivity (Wildman–Crippen MR) is 47.0 cm³/mol. The summed E-state index contributed by atoms with van der Waals surface area (Å²) in [7, 11) is 0. The Balaban J connectivity index is 2.43. The molecule has 0 radical (unpaired) electrons. The van der Waals surface area contributed by atoms with E-state index in [9.17, 15) is 0 Å². The lowest BCUT2D eigenvalue weighted by atomic mass is 10.0. The largest absolute Gasteiger partial charge is 0.395 e. The van der Waals surface area contributed by atoms with E-state index >= 15 is 0 Å². The molecule has 1 aliphatic rings. The van der Waals surface area contributed by atoms with Gasteiger partial charge in [-0.15, -0.1) is 0 Å². The predicted octanol–water partition coefficient (Wildman–Crippen LogP) is 0.121. The molecule has 1 aliphatic heterocycles. The van der Waals surface area contributed by atoms with Crippen molar-refractivity contribution in [3.8, 4) is 0 Å². The lowest BCUT2D eigenvalue weighted by molar-refractivity contribution is 0.0569. The fourth-order valence-corrected chi connectivity index (χ4v) is 1.36. The molecule has 1 heterocycles. The fourth-order valence-electron chi connectivity index (χ4n) is 1.06. The van der Waals surface area contributed by atoms with E-state index in [0.717, 1.165) is 13.2 Å². The Labute approximate surface area is 75.2 Å². The summed E-state index contributed by atoms with van der Waals surface area (Å²) in [5, 5.41) is 12.3. The Hall–Kier alpha value is 0.360. The highest BCUT2D eigenvalue weighted by Gasteiger charge is 2.32. The number of morpholine rings is 1. The first-order valence-electron chi connectivity index (χ1n) is 3.78. The highest BCUT2D eigenvalue weighted by Crippen LogP contribution is 2.22. The average molecular weight is 224 g/mol. The highest BCUT2D eigenvalue weighted by molar-refractivity contribution is 9.10. The van der Waals surface area contributed by atoms with Gasteiger partial charge >= 0.3 is 0 Å². The molecule has 1 saturated heterocycles. The van der Waals surface area contributed by atoms with Crippen molar-refractivity contribution in [2.45, 2.75) is 17.3 Å².